The number of carbonyl (C=O) groups excluding carboxylic acids is 1. The zero-order chi connectivity index (χ0) is 25.8. The molecule has 1 rings (SSSR count). The fourth-order valence-corrected chi connectivity index (χ4v) is 2.40. The molecule has 0 unspecified atom stereocenters. The van der Waals surface area contributed by atoms with Gasteiger partial charge in [0.25, 0.3) is 5.69 Å². The van der Waals surface area contributed by atoms with Crippen LogP contribution in [0.15, 0.2) is 24.3 Å². The Bertz CT molecular complexity index is 695. The minimum Gasteiger partial charge on any atom is -0.491 e. The lowest BCUT2D eigenvalue weighted by Crippen LogP contribution is -2.34. The number of carbonyl (C=O) groups is 1. The predicted molar refractivity (Wildman–Crippen MR) is 127 cm³/mol. The summed E-state index contributed by atoms with van der Waals surface area (Å²) in [5, 5.41) is 13.2. The van der Waals surface area contributed by atoms with Crippen molar-refractivity contribution in [1.29, 1.82) is 0 Å². The van der Waals surface area contributed by atoms with E-state index in [1.54, 1.807) is 32.9 Å². The first-order valence-corrected chi connectivity index (χ1v) is 11.5. The Labute approximate surface area is 206 Å². The SMILES string of the molecule is CC(C)(C)OC(=O)NCCOCCOCCOCCOCCOCCOc1ccc([N+](=O)[O-])cc1. The number of non-ortho nitro benzene ring substituents is 1. The third kappa shape index (κ3) is 18.5. The number of nitrogens with zero attached hydrogens (tertiary/aromatic N) is 1. The molecule has 0 radical (unpaired) electrons. The van der Waals surface area contributed by atoms with Crippen molar-refractivity contribution in [1.82, 2.24) is 5.32 Å². The van der Waals surface area contributed by atoms with Crippen LogP contribution < -0.4 is 10.1 Å². The normalized spacial score (nSPS) is 11.3. The Balaban J connectivity index is 1.76. The molecule has 0 bridgehead atoms. The highest BCUT2D eigenvalue weighted by Gasteiger charge is 2.15. The van der Waals surface area contributed by atoms with Crippen LogP contribution in [-0.2, 0) is 28.4 Å². The molecule has 12 nitrogen and oxygen atoms in total. The van der Waals surface area contributed by atoms with Gasteiger partial charge in [0.1, 0.15) is 18.0 Å². The third-order valence-corrected chi connectivity index (χ3v) is 3.95. The van der Waals surface area contributed by atoms with Gasteiger partial charge in [-0.3, -0.25) is 10.1 Å². The van der Waals surface area contributed by atoms with Gasteiger partial charge >= 0.3 is 6.09 Å². The zero-order valence-corrected chi connectivity index (χ0v) is 20.8. The highest BCUT2D eigenvalue weighted by atomic mass is 16.6. The average Bonchev–Trinajstić information content (AvgIpc) is 2.79. The summed E-state index contributed by atoms with van der Waals surface area (Å²) in [7, 11) is 0. The maximum absolute atomic E-state index is 11.4. The molecule has 0 aliphatic rings. The van der Waals surface area contributed by atoms with Crippen LogP contribution in [0, 0.1) is 10.1 Å². The van der Waals surface area contributed by atoms with E-state index in [0.29, 0.717) is 85.0 Å². The van der Waals surface area contributed by atoms with E-state index in [0.717, 1.165) is 0 Å². The zero-order valence-electron chi connectivity index (χ0n) is 20.8. The molecule has 12 heteroatoms. The van der Waals surface area contributed by atoms with Crippen LogP contribution in [0.3, 0.4) is 0 Å². The molecular weight excluding hydrogens is 464 g/mol. The summed E-state index contributed by atoms with van der Waals surface area (Å²) in [4.78, 5) is 21.6. The van der Waals surface area contributed by atoms with Gasteiger partial charge in [-0.15, -0.1) is 0 Å². The van der Waals surface area contributed by atoms with E-state index in [1.165, 1.54) is 12.1 Å². The highest BCUT2D eigenvalue weighted by molar-refractivity contribution is 5.67. The molecule has 1 N–H and O–H groups in total. The van der Waals surface area contributed by atoms with E-state index >= 15 is 0 Å². The standard InChI is InChI=1S/C23H38N2O10/c1-23(2,3)35-22(26)24-8-9-29-10-11-30-12-13-31-14-15-32-16-17-33-18-19-34-21-6-4-20(5-7-21)25(27)28/h4-7H,8-19H2,1-3H3,(H,24,26). The molecule has 0 aromatic heterocycles. The van der Waals surface area contributed by atoms with Gasteiger partial charge in [-0.05, 0) is 32.9 Å². The van der Waals surface area contributed by atoms with Gasteiger partial charge in [0.15, 0.2) is 0 Å². The third-order valence-electron chi connectivity index (χ3n) is 3.95. The van der Waals surface area contributed by atoms with E-state index in [1.807, 2.05) is 0 Å². The Kier molecular flexibility index (Phi) is 16.4. The molecule has 200 valence electrons. The number of amides is 1. The second-order valence-electron chi connectivity index (χ2n) is 8.09. The lowest BCUT2D eigenvalue weighted by molar-refractivity contribution is -0.384. The molecule has 0 saturated heterocycles. The summed E-state index contributed by atoms with van der Waals surface area (Å²) in [6.07, 6.45) is -0.461. The van der Waals surface area contributed by atoms with Gasteiger partial charge in [-0.2, -0.15) is 0 Å². The number of alkyl carbamates (subject to hydrolysis) is 1. The van der Waals surface area contributed by atoms with Gasteiger partial charge in [0, 0.05) is 18.7 Å². The van der Waals surface area contributed by atoms with Gasteiger partial charge in [-0.25, -0.2) is 4.79 Å². The Morgan fingerprint density at radius 3 is 1.63 bits per heavy atom. The second kappa shape index (κ2) is 18.8. The number of hydrogen-bond acceptors (Lipinski definition) is 10. The summed E-state index contributed by atoms with van der Waals surface area (Å²) in [5.74, 6) is 0.552. The maximum atomic E-state index is 11.4. The number of hydrogen-bond donors (Lipinski definition) is 1. The van der Waals surface area contributed by atoms with Crippen molar-refractivity contribution in [2.75, 3.05) is 79.2 Å². The van der Waals surface area contributed by atoms with Crippen molar-refractivity contribution in [3.8, 4) is 5.75 Å². The van der Waals surface area contributed by atoms with E-state index in [2.05, 4.69) is 5.32 Å². The summed E-state index contributed by atoms with van der Waals surface area (Å²) in [5.41, 5.74) is -0.492. The molecule has 1 aromatic carbocycles. The van der Waals surface area contributed by atoms with Crippen LogP contribution in [0.25, 0.3) is 0 Å². The first kappa shape index (κ1) is 30.5. The molecule has 1 aromatic rings. The molecule has 35 heavy (non-hydrogen) atoms. The van der Waals surface area contributed by atoms with Gasteiger partial charge in [0.2, 0.25) is 0 Å². The number of rotatable bonds is 20. The Morgan fingerprint density at radius 1 is 0.771 bits per heavy atom. The number of nitro benzene ring substituents is 1. The van der Waals surface area contributed by atoms with Crippen LogP contribution >= 0.6 is 0 Å². The van der Waals surface area contributed by atoms with Crippen molar-refractivity contribution >= 4 is 11.8 Å². The van der Waals surface area contributed by atoms with Crippen LogP contribution in [-0.4, -0.2) is 95.8 Å². The Morgan fingerprint density at radius 2 is 1.20 bits per heavy atom. The smallest absolute Gasteiger partial charge is 0.407 e. The highest BCUT2D eigenvalue weighted by Crippen LogP contribution is 2.17. The minimum atomic E-state index is -0.515. The number of nitro groups is 1. The van der Waals surface area contributed by atoms with Gasteiger partial charge in [0.05, 0.1) is 71.0 Å². The maximum Gasteiger partial charge on any atom is 0.407 e. The lowest BCUT2D eigenvalue weighted by Gasteiger charge is -2.19. The summed E-state index contributed by atoms with van der Waals surface area (Å²) >= 11 is 0. The molecule has 0 heterocycles. The summed E-state index contributed by atoms with van der Waals surface area (Å²) in [6, 6.07) is 5.89. The first-order valence-electron chi connectivity index (χ1n) is 11.5. The van der Waals surface area contributed by atoms with Crippen molar-refractivity contribution < 1.29 is 42.9 Å². The first-order chi connectivity index (χ1) is 16.8. The van der Waals surface area contributed by atoms with E-state index < -0.39 is 16.6 Å². The fraction of sp³-hybridized carbons (Fsp3) is 0.696. The summed E-state index contributed by atoms with van der Waals surface area (Å²) in [6.45, 7) is 10.5. The molecule has 0 aliphatic heterocycles. The molecule has 1 amide bonds. The quantitative estimate of drug-likeness (QED) is 0.161. The molecule has 0 aliphatic carbocycles. The largest absolute Gasteiger partial charge is 0.491 e. The van der Waals surface area contributed by atoms with Crippen molar-refractivity contribution in [3.63, 3.8) is 0 Å². The van der Waals surface area contributed by atoms with Crippen LogP contribution in [0.5, 0.6) is 5.75 Å². The van der Waals surface area contributed by atoms with Crippen molar-refractivity contribution in [2.24, 2.45) is 0 Å². The number of nitrogens with one attached hydrogen (secondary N) is 1. The molecular formula is C23H38N2O10. The van der Waals surface area contributed by atoms with Crippen LogP contribution in [0.1, 0.15) is 20.8 Å². The molecule has 0 spiro atoms. The van der Waals surface area contributed by atoms with Crippen LogP contribution in [0.2, 0.25) is 0 Å². The topological polar surface area (TPSA) is 137 Å². The van der Waals surface area contributed by atoms with Crippen molar-refractivity contribution in [2.45, 2.75) is 26.4 Å². The molecule has 0 fully saturated rings. The Hall–Kier alpha value is -2.51. The lowest BCUT2D eigenvalue weighted by atomic mass is 10.2. The van der Waals surface area contributed by atoms with E-state index in [9.17, 15) is 14.9 Å². The van der Waals surface area contributed by atoms with Gasteiger partial charge < -0.3 is 38.5 Å². The minimum absolute atomic E-state index is 0.0232. The average molecular weight is 503 g/mol. The second-order valence-corrected chi connectivity index (χ2v) is 8.09. The van der Waals surface area contributed by atoms with E-state index in [-0.39, 0.29) is 5.69 Å². The summed E-state index contributed by atoms with van der Waals surface area (Å²) < 4.78 is 37.5. The van der Waals surface area contributed by atoms with Gasteiger partial charge in [-0.1, -0.05) is 0 Å². The van der Waals surface area contributed by atoms with E-state index in [4.69, 9.17) is 33.2 Å². The number of benzene rings is 1. The number of ether oxygens (including phenoxy) is 7. The molecule has 0 atom stereocenters. The van der Waals surface area contributed by atoms with Crippen LogP contribution in [0.4, 0.5) is 10.5 Å². The monoisotopic (exact) mass is 502 g/mol. The predicted octanol–water partition coefficient (Wildman–Crippen LogP) is 2.58. The molecule has 0 saturated carbocycles. The fourth-order valence-electron chi connectivity index (χ4n) is 2.40. The van der Waals surface area contributed by atoms with Crippen molar-refractivity contribution in [3.05, 3.63) is 34.4 Å².